The number of benzene rings is 2. The highest BCUT2D eigenvalue weighted by molar-refractivity contribution is 7.81. The minimum atomic E-state index is -4.72. The Bertz CT molecular complexity index is 1100. The number of hydrogen-bond donors (Lipinski definition) is 2. The second kappa shape index (κ2) is 14.7. The number of carbonyl (C=O) groups excluding carboxylic acids is 1. The first-order valence-corrected chi connectivity index (χ1v) is 12.3. The molecule has 2 N–H and O–H groups in total. The Morgan fingerprint density at radius 2 is 1.61 bits per heavy atom. The molecule has 0 radical (unpaired) electrons. The summed E-state index contributed by atoms with van der Waals surface area (Å²) in [5.74, 6) is -0.283. The van der Waals surface area contributed by atoms with Crippen LogP contribution >= 0.6 is 0 Å². The highest BCUT2D eigenvalue weighted by atomic mass is 32.3. The van der Waals surface area contributed by atoms with Crippen molar-refractivity contribution in [1.82, 2.24) is 0 Å². The first-order chi connectivity index (χ1) is 17.0. The molecule has 1 aliphatic heterocycles. The van der Waals surface area contributed by atoms with E-state index in [0.29, 0.717) is 0 Å². The topological polar surface area (TPSA) is 182 Å². The Kier molecular flexibility index (Phi) is 12.4. The molecule has 0 unspecified atom stereocenters. The van der Waals surface area contributed by atoms with E-state index in [1.54, 1.807) is 0 Å². The van der Waals surface area contributed by atoms with Crippen LogP contribution in [0.3, 0.4) is 0 Å². The number of carboxylic acid groups (broad SMARTS) is 1. The lowest BCUT2D eigenvalue weighted by Crippen LogP contribution is -2.36. The van der Waals surface area contributed by atoms with E-state index in [1.165, 1.54) is 12.1 Å². The molecule has 0 atom stereocenters. The van der Waals surface area contributed by atoms with Crippen LogP contribution in [0.2, 0.25) is 0 Å². The van der Waals surface area contributed by atoms with Gasteiger partial charge in [-0.2, -0.15) is 8.42 Å². The largest absolute Gasteiger partial charge is 0.545 e. The molecule has 0 saturated carbocycles. The van der Waals surface area contributed by atoms with Gasteiger partial charge < -0.3 is 33.2 Å². The minimum absolute atomic E-state index is 0.159. The molecule has 1 heterocycles. The van der Waals surface area contributed by atoms with Crippen molar-refractivity contribution in [3.8, 4) is 17.2 Å². The van der Waals surface area contributed by atoms with E-state index in [2.05, 4.69) is 15.1 Å². The minimum Gasteiger partial charge on any atom is -0.545 e. The van der Waals surface area contributed by atoms with Crippen molar-refractivity contribution in [1.29, 1.82) is 5.39 Å². The monoisotopic (exact) mass is 525 g/mol. The number of morpholine rings is 1. The molecular formula is C23H31N3O9S. The Labute approximate surface area is 210 Å². The molecule has 13 heteroatoms. The van der Waals surface area contributed by atoms with Gasteiger partial charge in [0.1, 0.15) is 11.5 Å². The number of carbonyl (C=O) groups is 1. The summed E-state index contributed by atoms with van der Waals surface area (Å²) in [7, 11) is -4.72. The molecular weight excluding hydrogens is 494 g/mol. The highest BCUT2D eigenvalue weighted by Gasteiger charge is 2.18. The zero-order valence-corrected chi connectivity index (χ0v) is 21.4. The maximum absolute atomic E-state index is 10.4. The smallest absolute Gasteiger partial charge is 0.446 e. The van der Waals surface area contributed by atoms with Crippen molar-refractivity contribution in [2.75, 3.05) is 31.2 Å². The number of nitrogens with zero attached hydrogens (tertiary/aromatic N) is 2. The summed E-state index contributed by atoms with van der Waals surface area (Å²) >= 11 is 0. The van der Waals surface area contributed by atoms with Crippen molar-refractivity contribution in [2.45, 2.75) is 39.9 Å². The van der Waals surface area contributed by atoms with Crippen molar-refractivity contribution < 1.29 is 46.7 Å². The molecule has 198 valence electrons. The molecule has 0 spiro atoms. The molecule has 0 amide bonds. The predicted molar refractivity (Wildman–Crippen MR) is 127 cm³/mol. The number of nitrogens with one attached hydrogen (secondary N) is 1. The first-order valence-electron chi connectivity index (χ1n) is 11.0. The fraction of sp³-hybridized carbons (Fsp3) is 0.435. The summed E-state index contributed by atoms with van der Waals surface area (Å²) in [4.78, 5) is 12.7. The number of hydrogen-bond acceptors (Lipinski definition) is 10. The molecule has 2 aromatic carbocycles. The van der Waals surface area contributed by atoms with E-state index < -0.39 is 27.7 Å². The van der Waals surface area contributed by atoms with Gasteiger partial charge in [0.25, 0.3) is 0 Å². The Morgan fingerprint density at radius 1 is 1.03 bits per heavy atom. The molecule has 36 heavy (non-hydrogen) atoms. The lowest BCUT2D eigenvalue weighted by molar-refractivity contribution is -0.255. The van der Waals surface area contributed by atoms with Gasteiger partial charge in [-0.3, -0.25) is 4.55 Å². The van der Waals surface area contributed by atoms with E-state index >= 15 is 0 Å². The van der Waals surface area contributed by atoms with Gasteiger partial charge in [0.05, 0.1) is 42.5 Å². The first kappa shape index (κ1) is 30.4. The number of ether oxygens (including phenoxy) is 3. The SMILES string of the molecule is CC(C)Oc1ccc(OC(C)C)c(N2CCOCC2)c1.N#[NH+].O=C([O-])c1ccccc1OS(=O)(=O)O. The van der Waals surface area contributed by atoms with E-state index in [-0.39, 0.29) is 12.2 Å². The third-order valence-electron chi connectivity index (χ3n) is 4.32. The van der Waals surface area contributed by atoms with Gasteiger partial charge in [0.15, 0.2) is 5.75 Å². The molecule has 1 aliphatic rings. The van der Waals surface area contributed by atoms with Crippen LogP contribution in [0.4, 0.5) is 5.69 Å². The Morgan fingerprint density at radius 3 is 2.14 bits per heavy atom. The summed E-state index contributed by atoms with van der Waals surface area (Å²) in [6.45, 7) is 11.5. The van der Waals surface area contributed by atoms with Crippen LogP contribution in [0.1, 0.15) is 38.1 Å². The van der Waals surface area contributed by atoms with E-state index in [9.17, 15) is 18.3 Å². The summed E-state index contributed by atoms with van der Waals surface area (Å²) in [6, 6.07) is 10.9. The Hall–Kier alpha value is -3.60. The van der Waals surface area contributed by atoms with E-state index in [4.69, 9.17) is 29.5 Å². The normalized spacial score (nSPS) is 13.1. The molecule has 2 aromatic rings. The van der Waals surface area contributed by atoms with Crippen LogP contribution in [0.25, 0.3) is 0 Å². The van der Waals surface area contributed by atoms with Crippen LogP contribution in [0, 0.1) is 5.39 Å². The number of aromatic carboxylic acids is 1. The summed E-state index contributed by atoms with van der Waals surface area (Å²) in [5.41, 5.74) is 0.644. The van der Waals surface area contributed by atoms with E-state index in [1.807, 2.05) is 39.8 Å². The van der Waals surface area contributed by atoms with Gasteiger partial charge in [0, 0.05) is 24.7 Å². The van der Waals surface area contributed by atoms with Gasteiger partial charge in [-0.15, -0.1) is 0 Å². The molecule has 0 aliphatic carbocycles. The highest BCUT2D eigenvalue weighted by Crippen LogP contribution is 2.34. The third-order valence-corrected chi connectivity index (χ3v) is 4.71. The van der Waals surface area contributed by atoms with Crippen molar-refractivity contribution in [2.24, 2.45) is 0 Å². The maximum Gasteiger partial charge on any atom is 0.446 e. The number of carboxylic acids is 1. The average molecular weight is 526 g/mol. The number of diazo groups is 1. The zero-order chi connectivity index (χ0) is 27.3. The molecule has 12 nitrogen and oxygen atoms in total. The molecule has 3 rings (SSSR count). The Balaban J connectivity index is 0.000000356. The number of anilines is 1. The zero-order valence-electron chi connectivity index (χ0n) is 20.5. The van der Waals surface area contributed by atoms with Crippen LogP contribution in [-0.4, -0.2) is 57.5 Å². The lowest BCUT2D eigenvalue weighted by Gasteiger charge is -2.31. The lowest BCUT2D eigenvalue weighted by atomic mass is 10.2. The van der Waals surface area contributed by atoms with Gasteiger partial charge in [-0.05, 0) is 52.0 Å². The van der Waals surface area contributed by atoms with Crippen molar-refractivity contribution >= 4 is 22.1 Å². The second-order valence-corrected chi connectivity index (χ2v) is 8.88. The van der Waals surface area contributed by atoms with Gasteiger partial charge in [0.2, 0.25) is 5.39 Å². The third kappa shape index (κ3) is 10.8. The average Bonchev–Trinajstić information content (AvgIpc) is 2.81. The fourth-order valence-corrected chi connectivity index (χ4v) is 3.44. The number of para-hydroxylation sites is 1. The van der Waals surface area contributed by atoms with Crippen LogP contribution in [0.5, 0.6) is 17.2 Å². The predicted octanol–water partition coefficient (Wildman–Crippen LogP) is 0.609. The quantitative estimate of drug-likeness (QED) is 0.364. The molecule has 0 bridgehead atoms. The number of rotatable bonds is 8. The van der Waals surface area contributed by atoms with Gasteiger partial charge in [-0.25, -0.2) is 0 Å². The van der Waals surface area contributed by atoms with Gasteiger partial charge in [-0.1, -0.05) is 12.1 Å². The van der Waals surface area contributed by atoms with Crippen molar-refractivity contribution in [3.05, 3.63) is 48.0 Å². The molecule has 0 aromatic heterocycles. The van der Waals surface area contributed by atoms with Gasteiger partial charge >= 0.3 is 10.4 Å². The second-order valence-electron chi connectivity index (χ2n) is 7.86. The summed E-state index contributed by atoms with van der Waals surface area (Å²) < 4.78 is 50.0. The van der Waals surface area contributed by atoms with Crippen LogP contribution in [-0.2, 0) is 15.1 Å². The molecule has 1 saturated heterocycles. The van der Waals surface area contributed by atoms with Crippen molar-refractivity contribution in [3.63, 3.8) is 0 Å². The van der Waals surface area contributed by atoms with E-state index in [0.717, 1.165) is 55.6 Å². The molecule has 1 fully saturated rings. The van der Waals surface area contributed by atoms with Crippen LogP contribution < -0.4 is 29.1 Å². The maximum atomic E-state index is 10.4. The summed E-state index contributed by atoms with van der Waals surface area (Å²) in [6.07, 6.45) is 0.330. The fourth-order valence-electron chi connectivity index (χ4n) is 3.07. The van der Waals surface area contributed by atoms with Crippen LogP contribution in [0.15, 0.2) is 42.5 Å². The summed E-state index contributed by atoms with van der Waals surface area (Å²) in [5, 5.41) is 21.4. The standard InChI is InChI=1S/C16H25NO3.C7H6O6S.N2/c1-12(2)19-14-5-6-16(20-13(3)4)15(11-14)17-7-9-18-10-8-17;8-7(9)5-3-1-2-4-6(5)13-14(10,11)12;1-2/h5-6,11-13H,7-10H2,1-4H3;1-4H,(H,8,9)(H,10,11,12);.